The Morgan fingerprint density at radius 3 is 2.43 bits per heavy atom. The summed E-state index contributed by atoms with van der Waals surface area (Å²) in [6.07, 6.45) is 3.79. The Balaban J connectivity index is 1.33. The van der Waals surface area contributed by atoms with Gasteiger partial charge in [-0.3, -0.25) is 9.69 Å². The molecule has 2 heterocycles. The van der Waals surface area contributed by atoms with E-state index in [1.54, 1.807) is 0 Å². The van der Waals surface area contributed by atoms with Gasteiger partial charge < -0.3 is 15.2 Å². The largest absolute Gasteiger partial charge is 0.361 e. The molecule has 1 aromatic heterocycles. The van der Waals surface area contributed by atoms with Gasteiger partial charge in [-0.1, -0.05) is 78.9 Å². The van der Waals surface area contributed by atoms with E-state index in [0.29, 0.717) is 12.6 Å². The zero-order valence-electron chi connectivity index (χ0n) is 20.4. The first-order valence-electron chi connectivity index (χ1n) is 12.5. The molecule has 1 fully saturated rings. The molecular formula is C30H34N4O. The van der Waals surface area contributed by atoms with Crippen LogP contribution in [0, 0.1) is 0 Å². The number of para-hydroxylation sites is 1. The van der Waals surface area contributed by atoms with Crippen LogP contribution in [0.1, 0.15) is 16.7 Å². The van der Waals surface area contributed by atoms with E-state index < -0.39 is 0 Å². The Morgan fingerprint density at radius 2 is 1.66 bits per heavy atom. The maximum absolute atomic E-state index is 13.8. The number of H-pyrrole nitrogens is 1. The van der Waals surface area contributed by atoms with Crippen molar-refractivity contribution in [3.63, 3.8) is 0 Å². The number of hydrogen-bond donors (Lipinski definition) is 2. The molecule has 1 unspecified atom stereocenters. The molecule has 180 valence electrons. The van der Waals surface area contributed by atoms with E-state index >= 15 is 0 Å². The Hall–Kier alpha value is -3.41. The number of likely N-dealkylation sites (N-methyl/N-ethyl adjacent to an activating group) is 1. The number of fused-ring (bicyclic) bond motifs is 1. The number of carbonyl (C=O) groups excluding carboxylic acids is 1. The number of aromatic amines is 1. The molecule has 5 heteroatoms. The highest BCUT2D eigenvalue weighted by molar-refractivity contribution is 5.83. The summed E-state index contributed by atoms with van der Waals surface area (Å²) in [5.74, 6) is 0.186. The van der Waals surface area contributed by atoms with Crippen molar-refractivity contribution in [3.8, 4) is 0 Å². The predicted octanol–water partition coefficient (Wildman–Crippen LogP) is 4.25. The second-order valence-corrected chi connectivity index (χ2v) is 9.60. The monoisotopic (exact) mass is 466 g/mol. The summed E-state index contributed by atoms with van der Waals surface area (Å²) < 4.78 is 0. The van der Waals surface area contributed by atoms with Crippen LogP contribution in [0.5, 0.6) is 0 Å². The molecule has 1 amide bonds. The first kappa shape index (κ1) is 23.3. The molecule has 0 saturated carbocycles. The van der Waals surface area contributed by atoms with Crippen LogP contribution in [-0.4, -0.2) is 59.5 Å². The van der Waals surface area contributed by atoms with E-state index in [2.05, 4.69) is 82.1 Å². The zero-order chi connectivity index (χ0) is 24.0. The number of hydrogen-bond acceptors (Lipinski definition) is 3. The van der Waals surface area contributed by atoms with Crippen LogP contribution in [0.25, 0.3) is 10.9 Å². The van der Waals surface area contributed by atoms with Gasteiger partial charge in [0.2, 0.25) is 5.91 Å². The van der Waals surface area contributed by atoms with Crippen LogP contribution < -0.4 is 5.32 Å². The normalized spacial score (nSPS) is 17.3. The Bertz CT molecular complexity index is 1240. The molecule has 0 bridgehead atoms. The number of amides is 1. The number of nitrogens with one attached hydrogen (secondary N) is 2. The van der Waals surface area contributed by atoms with Crippen molar-refractivity contribution in [1.29, 1.82) is 0 Å². The number of rotatable bonds is 8. The average molecular weight is 467 g/mol. The molecule has 2 N–H and O–H groups in total. The van der Waals surface area contributed by atoms with Crippen LogP contribution in [0.4, 0.5) is 0 Å². The minimum atomic E-state index is -0.182. The van der Waals surface area contributed by atoms with E-state index in [4.69, 9.17) is 0 Å². The first-order valence-corrected chi connectivity index (χ1v) is 12.5. The van der Waals surface area contributed by atoms with Crippen molar-refractivity contribution in [3.05, 3.63) is 108 Å². The fourth-order valence-electron chi connectivity index (χ4n) is 5.24. The third-order valence-corrected chi connectivity index (χ3v) is 7.06. The highest BCUT2D eigenvalue weighted by Gasteiger charge is 2.32. The number of nitrogens with zero attached hydrogens (tertiary/aromatic N) is 2. The van der Waals surface area contributed by atoms with E-state index in [1.807, 2.05) is 36.2 Å². The van der Waals surface area contributed by atoms with Crippen molar-refractivity contribution >= 4 is 16.8 Å². The summed E-state index contributed by atoms with van der Waals surface area (Å²) in [6.45, 7) is 3.22. The number of carbonyl (C=O) groups is 1. The molecule has 2 atom stereocenters. The second-order valence-electron chi connectivity index (χ2n) is 9.60. The standard InChI is InChI=1S/C30H34N4O/c1-33(21-24-12-6-3-7-13-24)30(35)29(18-23-10-4-2-5-11-23)34-17-16-31-26(22-34)19-25-20-32-28-15-9-8-14-27(25)28/h2-15,20,26,29,31-32H,16-19,21-22H2,1H3/t26?,29-/m0/s1. The lowest BCUT2D eigenvalue weighted by Crippen LogP contribution is -2.58. The molecule has 0 radical (unpaired) electrons. The molecule has 5 rings (SSSR count). The van der Waals surface area contributed by atoms with E-state index in [0.717, 1.165) is 38.0 Å². The van der Waals surface area contributed by atoms with Crippen molar-refractivity contribution in [2.75, 3.05) is 26.7 Å². The number of benzene rings is 3. The van der Waals surface area contributed by atoms with Crippen LogP contribution in [0.2, 0.25) is 0 Å². The molecular weight excluding hydrogens is 432 g/mol. The molecule has 5 nitrogen and oxygen atoms in total. The van der Waals surface area contributed by atoms with Gasteiger partial charge in [-0.25, -0.2) is 0 Å². The van der Waals surface area contributed by atoms with Gasteiger partial charge in [0.15, 0.2) is 0 Å². The van der Waals surface area contributed by atoms with Crippen LogP contribution in [0.15, 0.2) is 91.1 Å². The highest BCUT2D eigenvalue weighted by atomic mass is 16.2. The number of piperazine rings is 1. The molecule has 1 aliphatic rings. The summed E-state index contributed by atoms with van der Waals surface area (Å²) >= 11 is 0. The molecule has 1 aliphatic heterocycles. The highest BCUT2D eigenvalue weighted by Crippen LogP contribution is 2.21. The Labute approximate surface area is 207 Å². The van der Waals surface area contributed by atoms with Gasteiger partial charge >= 0.3 is 0 Å². The maximum atomic E-state index is 13.8. The minimum Gasteiger partial charge on any atom is -0.361 e. The summed E-state index contributed by atoms with van der Waals surface area (Å²) in [4.78, 5) is 21.5. The summed E-state index contributed by atoms with van der Waals surface area (Å²) in [5, 5.41) is 4.98. The van der Waals surface area contributed by atoms with E-state index in [9.17, 15) is 4.79 Å². The lowest BCUT2D eigenvalue weighted by atomic mass is 9.99. The van der Waals surface area contributed by atoms with Gasteiger partial charge in [-0.15, -0.1) is 0 Å². The van der Waals surface area contributed by atoms with E-state index in [1.165, 1.54) is 22.0 Å². The van der Waals surface area contributed by atoms with Crippen molar-refractivity contribution in [2.24, 2.45) is 0 Å². The van der Waals surface area contributed by atoms with Crippen LogP contribution in [0.3, 0.4) is 0 Å². The molecule has 3 aromatic carbocycles. The van der Waals surface area contributed by atoms with Crippen LogP contribution >= 0.6 is 0 Å². The first-order chi connectivity index (χ1) is 17.2. The van der Waals surface area contributed by atoms with Gasteiger partial charge in [-0.05, 0) is 35.6 Å². The van der Waals surface area contributed by atoms with Crippen molar-refractivity contribution in [2.45, 2.75) is 31.5 Å². The average Bonchev–Trinajstić information content (AvgIpc) is 3.31. The zero-order valence-corrected chi connectivity index (χ0v) is 20.4. The van der Waals surface area contributed by atoms with Gasteiger partial charge in [0.05, 0.1) is 6.04 Å². The van der Waals surface area contributed by atoms with Crippen molar-refractivity contribution < 1.29 is 4.79 Å². The van der Waals surface area contributed by atoms with Crippen molar-refractivity contribution in [1.82, 2.24) is 20.1 Å². The second kappa shape index (κ2) is 10.9. The molecule has 0 spiro atoms. The van der Waals surface area contributed by atoms with Gasteiger partial charge in [0, 0.05) is 56.4 Å². The van der Waals surface area contributed by atoms with Gasteiger partial charge in [0.25, 0.3) is 0 Å². The Morgan fingerprint density at radius 1 is 0.971 bits per heavy atom. The number of aromatic nitrogens is 1. The fraction of sp³-hybridized carbons (Fsp3) is 0.300. The lowest BCUT2D eigenvalue weighted by Gasteiger charge is -2.39. The third-order valence-electron chi connectivity index (χ3n) is 7.06. The fourth-order valence-corrected chi connectivity index (χ4v) is 5.24. The minimum absolute atomic E-state index is 0.182. The molecule has 0 aliphatic carbocycles. The third kappa shape index (κ3) is 5.64. The molecule has 35 heavy (non-hydrogen) atoms. The quantitative estimate of drug-likeness (QED) is 0.408. The Kier molecular flexibility index (Phi) is 7.26. The lowest BCUT2D eigenvalue weighted by molar-refractivity contribution is -0.136. The molecule has 4 aromatic rings. The summed E-state index contributed by atoms with van der Waals surface area (Å²) in [7, 11) is 1.93. The topological polar surface area (TPSA) is 51.4 Å². The summed E-state index contributed by atoms with van der Waals surface area (Å²) in [5.41, 5.74) is 4.85. The van der Waals surface area contributed by atoms with Gasteiger partial charge in [-0.2, -0.15) is 0 Å². The van der Waals surface area contributed by atoms with Gasteiger partial charge in [0.1, 0.15) is 0 Å². The molecule has 1 saturated heterocycles. The maximum Gasteiger partial charge on any atom is 0.240 e. The predicted molar refractivity (Wildman–Crippen MR) is 142 cm³/mol. The van der Waals surface area contributed by atoms with E-state index in [-0.39, 0.29) is 11.9 Å². The SMILES string of the molecule is CN(Cc1ccccc1)C(=O)[C@H](Cc1ccccc1)N1CCNC(Cc2c[nH]c3ccccc23)C1. The summed E-state index contributed by atoms with van der Waals surface area (Å²) in [6, 6.07) is 29.2. The van der Waals surface area contributed by atoms with Crippen LogP contribution in [-0.2, 0) is 24.2 Å². The smallest absolute Gasteiger partial charge is 0.240 e.